The Morgan fingerprint density at radius 3 is 3.13 bits per heavy atom. The van der Waals surface area contributed by atoms with Crippen LogP contribution in [0.5, 0.6) is 0 Å². The van der Waals surface area contributed by atoms with E-state index in [0.717, 1.165) is 12.3 Å². The van der Waals surface area contributed by atoms with Gasteiger partial charge in [-0.2, -0.15) is 0 Å². The zero-order valence-electron chi connectivity index (χ0n) is 9.41. The molecule has 1 fully saturated rings. The summed E-state index contributed by atoms with van der Waals surface area (Å²) in [6.07, 6.45) is 9.26. The fraction of sp³-hybridized carbons (Fsp3) is 0.750. The van der Waals surface area contributed by atoms with Crippen molar-refractivity contribution < 1.29 is 0 Å². The molecular formula is C12H20N2S. The maximum absolute atomic E-state index is 6.49. The first-order valence-corrected chi connectivity index (χ1v) is 6.72. The summed E-state index contributed by atoms with van der Waals surface area (Å²) in [6.45, 7) is 2.35. The second-order valence-electron chi connectivity index (χ2n) is 5.04. The lowest BCUT2D eigenvalue weighted by atomic mass is 9.87. The minimum Gasteiger partial charge on any atom is -0.325 e. The molecular weight excluding hydrogens is 204 g/mol. The molecule has 0 amide bonds. The average Bonchev–Trinajstić information content (AvgIpc) is 2.61. The third-order valence-corrected chi connectivity index (χ3v) is 4.30. The van der Waals surface area contributed by atoms with E-state index in [0.29, 0.717) is 0 Å². The van der Waals surface area contributed by atoms with Crippen molar-refractivity contribution in [2.24, 2.45) is 11.7 Å². The highest BCUT2D eigenvalue weighted by atomic mass is 32.1. The Bertz CT molecular complexity index is 297. The van der Waals surface area contributed by atoms with Crippen molar-refractivity contribution in [1.29, 1.82) is 0 Å². The van der Waals surface area contributed by atoms with E-state index in [1.165, 1.54) is 37.0 Å². The molecule has 0 radical (unpaired) electrons. The molecule has 1 saturated carbocycles. The zero-order valence-corrected chi connectivity index (χ0v) is 10.2. The molecule has 2 atom stereocenters. The lowest BCUT2D eigenvalue weighted by Crippen LogP contribution is -2.41. The minimum absolute atomic E-state index is 0.0390. The van der Waals surface area contributed by atoms with Crippen molar-refractivity contribution >= 4 is 11.3 Å². The van der Waals surface area contributed by atoms with E-state index in [2.05, 4.69) is 11.9 Å². The summed E-state index contributed by atoms with van der Waals surface area (Å²) < 4.78 is 0. The van der Waals surface area contributed by atoms with E-state index < -0.39 is 0 Å². The fourth-order valence-electron chi connectivity index (χ4n) is 2.46. The summed E-state index contributed by atoms with van der Waals surface area (Å²) in [5, 5.41) is 0. The van der Waals surface area contributed by atoms with Crippen LogP contribution in [-0.4, -0.2) is 10.5 Å². The summed E-state index contributed by atoms with van der Waals surface area (Å²) in [6, 6.07) is 0. The Hall–Kier alpha value is -0.410. The van der Waals surface area contributed by atoms with Crippen molar-refractivity contribution in [3.05, 3.63) is 16.6 Å². The van der Waals surface area contributed by atoms with E-state index in [-0.39, 0.29) is 5.54 Å². The van der Waals surface area contributed by atoms with Gasteiger partial charge in [-0.3, -0.25) is 4.98 Å². The Morgan fingerprint density at radius 2 is 2.40 bits per heavy atom. The average molecular weight is 224 g/mol. The van der Waals surface area contributed by atoms with Crippen molar-refractivity contribution in [3.8, 4) is 0 Å². The molecule has 0 aromatic carbocycles. The van der Waals surface area contributed by atoms with Crippen LogP contribution in [0.1, 0.15) is 43.9 Å². The van der Waals surface area contributed by atoms with Gasteiger partial charge in [-0.15, -0.1) is 11.3 Å². The summed E-state index contributed by atoms with van der Waals surface area (Å²) in [4.78, 5) is 5.46. The van der Waals surface area contributed by atoms with Crippen LogP contribution in [0, 0.1) is 5.92 Å². The van der Waals surface area contributed by atoms with Gasteiger partial charge in [0.1, 0.15) is 0 Å². The quantitative estimate of drug-likeness (QED) is 0.784. The van der Waals surface area contributed by atoms with Crippen molar-refractivity contribution in [1.82, 2.24) is 4.98 Å². The van der Waals surface area contributed by atoms with Crippen LogP contribution >= 0.6 is 11.3 Å². The Kier molecular flexibility index (Phi) is 3.42. The van der Waals surface area contributed by atoms with Gasteiger partial charge in [-0.05, 0) is 25.2 Å². The Labute approximate surface area is 95.9 Å². The third kappa shape index (κ3) is 3.02. The lowest BCUT2D eigenvalue weighted by molar-refractivity contribution is 0.365. The molecule has 2 N–H and O–H groups in total. The molecule has 0 aliphatic heterocycles. The standard InChI is InChI=1S/C12H20N2S/c1-10-3-2-5-12(13,6-4-10)7-11-8-14-9-15-11/h8-10H,2-7,13H2,1H3. The fourth-order valence-corrected chi connectivity index (χ4v) is 3.21. The summed E-state index contributed by atoms with van der Waals surface area (Å²) in [7, 11) is 0. The number of rotatable bonds is 2. The van der Waals surface area contributed by atoms with Gasteiger partial charge < -0.3 is 5.73 Å². The predicted octanol–water partition coefficient (Wildman–Crippen LogP) is 2.98. The molecule has 1 aliphatic rings. The molecule has 84 valence electrons. The molecule has 2 nitrogen and oxygen atoms in total. The van der Waals surface area contributed by atoms with Crippen LogP contribution in [0.4, 0.5) is 0 Å². The van der Waals surface area contributed by atoms with Gasteiger partial charge in [0.05, 0.1) is 5.51 Å². The first kappa shape index (κ1) is 11.1. The highest BCUT2D eigenvalue weighted by Gasteiger charge is 2.28. The normalized spacial score (nSPS) is 32.5. The van der Waals surface area contributed by atoms with Crippen LogP contribution in [0.15, 0.2) is 11.7 Å². The number of nitrogens with zero attached hydrogens (tertiary/aromatic N) is 1. The second kappa shape index (κ2) is 4.62. The maximum atomic E-state index is 6.49. The first-order chi connectivity index (χ1) is 7.18. The van der Waals surface area contributed by atoms with Crippen molar-refractivity contribution in [2.75, 3.05) is 0 Å². The van der Waals surface area contributed by atoms with E-state index in [4.69, 9.17) is 5.73 Å². The number of nitrogens with two attached hydrogens (primary N) is 1. The minimum atomic E-state index is 0.0390. The van der Waals surface area contributed by atoms with E-state index in [1.54, 1.807) is 11.3 Å². The highest BCUT2D eigenvalue weighted by Crippen LogP contribution is 2.31. The lowest BCUT2D eigenvalue weighted by Gasteiger charge is -2.27. The van der Waals surface area contributed by atoms with Gasteiger partial charge in [0.2, 0.25) is 0 Å². The van der Waals surface area contributed by atoms with Gasteiger partial charge in [-0.1, -0.05) is 19.8 Å². The second-order valence-corrected chi connectivity index (χ2v) is 6.01. The molecule has 2 rings (SSSR count). The van der Waals surface area contributed by atoms with Gasteiger partial charge in [0, 0.05) is 23.0 Å². The van der Waals surface area contributed by atoms with E-state index >= 15 is 0 Å². The van der Waals surface area contributed by atoms with E-state index in [1.807, 2.05) is 11.7 Å². The molecule has 1 aromatic heterocycles. The largest absolute Gasteiger partial charge is 0.325 e. The Balaban J connectivity index is 1.99. The molecule has 1 aromatic rings. The van der Waals surface area contributed by atoms with Crippen LogP contribution < -0.4 is 5.73 Å². The third-order valence-electron chi connectivity index (χ3n) is 3.52. The molecule has 15 heavy (non-hydrogen) atoms. The smallest absolute Gasteiger partial charge is 0.0794 e. The Morgan fingerprint density at radius 1 is 1.53 bits per heavy atom. The van der Waals surface area contributed by atoms with Crippen molar-refractivity contribution in [2.45, 2.75) is 51.0 Å². The number of aromatic nitrogens is 1. The number of hydrogen-bond donors (Lipinski definition) is 1. The predicted molar refractivity (Wildman–Crippen MR) is 65.0 cm³/mol. The SMILES string of the molecule is CC1CCCC(N)(Cc2cncs2)CC1. The highest BCUT2D eigenvalue weighted by molar-refractivity contribution is 7.09. The van der Waals surface area contributed by atoms with Gasteiger partial charge >= 0.3 is 0 Å². The molecule has 0 saturated heterocycles. The first-order valence-electron chi connectivity index (χ1n) is 5.84. The van der Waals surface area contributed by atoms with Crippen LogP contribution in [0.25, 0.3) is 0 Å². The summed E-state index contributed by atoms with van der Waals surface area (Å²) >= 11 is 1.73. The summed E-state index contributed by atoms with van der Waals surface area (Å²) in [5.74, 6) is 0.858. The molecule has 1 aliphatic carbocycles. The van der Waals surface area contributed by atoms with E-state index in [9.17, 15) is 0 Å². The summed E-state index contributed by atoms with van der Waals surface area (Å²) in [5.41, 5.74) is 8.43. The molecule has 2 unspecified atom stereocenters. The van der Waals surface area contributed by atoms with Crippen molar-refractivity contribution in [3.63, 3.8) is 0 Å². The topological polar surface area (TPSA) is 38.9 Å². The molecule has 0 bridgehead atoms. The molecule has 0 spiro atoms. The molecule has 3 heteroatoms. The molecule has 1 heterocycles. The number of thiazole rings is 1. The number of hydrogen-bond acceptors (Lipinski definition) is 3. The zero-order chi connectivity index (χ0) is 10.7. The van der Waals surface area contributed by atoms with Gasteiger partial charge in [0.15, 0.2) is 0 Å². The van der Waals surface area contributed by atoms with Crippen LogP contribution in [0.2, 0.25) is 0 Å². The van der Waals surface area contributed by atoms with Gasteiger partial charge in [0.25, 0.3) is 0 Å². The van der Waals surface area contributed by atoms with Crippen LogP contribution in [-0.2, 0) is 6.42 Å². The van der Waals surface area contributed by atoms with Crippen LogP contribution in [0.3, 0.4) is 0 Å². The van der Waals surface area contributed by atoms with Gasteiger partial charge in [-0.25, -0.2) is 0 Å². The monoisotopic (exact) mass is 224 g/mol. The maximum Gasteiger partial charge on any atom is 0.0794 e.